The number of sulfonamides is 1. The van der Waals surface area contributed by atoms with E-state index in [1.54, 1.807) is 4.68 Å². The number of nitrogens with zero attached hydrogens (tertiary/aromatic N) is 6. The highest BCUT2D eigenvalue weighted by atomic mass is 32.2. The molecule has 1 aromatic heterocycles. The first kappa shape index (κ1) is 32.2. The monoisotopic (exact) mass is 598 g/mol. The number of hydrogen-bond acceptors (Lipinski definition) is 6. The second-order valence-corrected chi connectivity index (χ2v) is 16.6. The predicted molar refractivity (Wildman–Crippen MR) is 174 cm³/mol. The summed E-state index contributed by atoms with van der Waals surface area (Å²) < 4.78 is 27.7. The summed E-state index contributed by atoms with van der Waals surface area (Å²) in [6.07, 6.45) is 3.54. The Bertz CT molecular complexity index is 1520. The van der Waals surface area contributed by atoms with Crippen LogP contribution in [0, 0.1) is 12.3 Å². The van der Waals surface area contributed by atoms with Gasteiger partial charge in [-0.25, -0.2) is 13.4 Å². The molecule has 1 unspecified atom stereocenters. The Morgan fingerprint density at radius 2 is 1.76 bits per heavy atom. The highest BCUT2D eigenvalue weighted by Crippen LogP contribution is 2.46. The van der Waals surface area contributed by atoms with Crippen LogP contribution in [0.4, 0.5) is 11.4 Å². The average molecular weight is 599 g/mol. The fourth-order valence-electron chi connectivity index (χ4n) is 6.20. The minimum Gasteiger partial charge on any atom is -0.366 e. The third kappa shape index (κ3) is 6.15. The van der Waals surface area contributed by atoms with Crippen molar-refractivity contribution >= 4 is 32.8 Å². The van der Waals surface area contributed by atoms with Crippen molar-refractivity contribution in [3.05, 3.63) is 34.9 Å². The number of hydrogen-bond donors (Lipinski definition) is 1. The topological polar surface area (TPSA) is 95.8 Å². The van der Waals surface area contributed by atoms with Crippen LogP contribution < -0.4 is 14.4 Å². The van der Waals surface area contributed by atoms with Gasteiger partial charge in [-0.15, -0.1) is 9.93 Å². The number of aliphatic imine (C=N–C) groups is 1. The molecule has 0 spiro atoms. The number of aromatic nitrogens is 3. The molecule has 0 radical (unpaired) electrons. The Balaban J connectivity index is 1.91. The predicted octanol–water partition coefficient (Wildman–Crippen LogP) is 6.34. The van der Waals surface area contributed by atoms with Gasteiger partial charge in [0.25, 0.3) is 15.8 Å². The molecule has 0 saturated carbocycles. The normalized spacial score (nSPS) is 19.6. The van der Waals surface area contributed by atoms with E-state index in [4.69, 9.17) is 15.2 Å². The van der Waals surface area contributed by atoms with Crippen LogP contribution in [-0.2, 0) is 15.4 Å². The zero-order valence-corrected chi connectivity index (χ0v) is 28.7. The van der Waals surface area contributed by atoms with E-state index in [-0.39, 0.29) is 16.7 Å². The van der Waals surface area contributed by atoms with Crippen LogP contribution in [0.2, 0.25) is 0 Å². The highest BCUT2D eigenvalue weighted by Gasteiger charge is 2.46. The van der Waals surface area contributed by atoms with Crippen LogP contribution in [0.15, 0.2) is 22.2 Å². The lowest BCUT2D eigenvalue weighted by Gasteiger charge is -2.48. The van der Waals surface area contributed by atoms with Crippen molar-refractivity contribution < 1.29 is 13.1 Å². The third-order valence-electron chi connectivity index (χ3n) is 8.19. The molecule has 1 N–H and O–H groups in total. The summed E-state index contributed by atoms with van der Waals surface area (Å²) in [5.74, 6) is 1.63. The fraction of sp³-hybridized carbons (Fsp3) is 0.688. The third-order valence-corrected chi connectivity index (χ3v) is 9.47. The Kier molecular flexibility index (Phi) is 8.48. The molecule has 0 fully saturated rings. The molecule has 3 heterocycles. The van der Waals surface area contributed by atoms with Gasteiger partial charge in [-0.3, -0.25) is 0 Å². The van der Waals surface area contributed by atoms with Crippen molar-refractivity contribution in [2.75, 3.05) is 22.0 Å². The molecule has 232 valence electrons. The lowest BCUT2D eigenvalue weighted by molar-refractivity contribution is -0.688. The van der Waals surface area contributed by atoms with E-state index in [1.165, 1.54) is 16.0 Å². The summed E-state index contributed by atoms with van der Waals surface area (Å²) in [7, 11) is -3.58. The van der Waals surface area contributed by atoms with Crippen molar-refractivity contribution in [2.24, 2.45) is 15.5 Å². The minimum atomic E-state index is -3.58. The van der Waals surface area contributed by atoms with Gasteiger partial charge in [0, 0.05) is 28.0 Å². The highest BCUT2D eigenvalue weighted by molar-refractivity contribution is 7.92. The van der Waals surface area contributed by atoms with Crippen molar-refractivity contribution in [1.82, 2.24) is 9.89 Å². The standard InChI is InChI=1S/C32H52N7O2S/c1-13-15-17-42(40,41)36-39-29(31(8,9)10)38-28(35-39)26(27(34-38)30(5,6)7)33-24-19-23-22(4)20-32(11,12)37(16-14-2)25(23)18-21(24)3/h18-19,22,36H,13-17,20H2,1-12H3/q+1. The first-order valence-corrected chi connectivity index (χ1v) is 17.1. The number of aryl methyl sites for hydroxylation is 1. The maximum atomic E-state index is 12.9. The van der Waals surface area contributed by atoms with Gasteiger partial charge >= 0.3 is 5.82 Å². The lowest BCUT2D eigenvalue weighted by atomic mass is 9.79. The van der Waals surface area contributed by atoms with E-state index in [2.05, 4.69) is 77.3 Å². The SMILES string of the molecule is CCCCS(=O)(=O)Nn1nc2[n+](c1C(C)(C)C)N=C(C(C)(C)C)C2=Nc1cc2c(cc1C)N(CCC)C(C)(C)CC2C. The van der Waals surface area contributed by atoms with Gasteiger partial charge in [-0.1, -0.05) is 52.6 Å². The van der Waals surface area contributed by atoms with Crippen LogP contribution in [0.1, 0.15) is 131 Å². The number of anilines is 1. The van der Waals surface area contributed by atoms with Gasteiger partial charge in [-0.05, 0) is 90.0 Å². The quantitative estimate of drug-likeness (QED) is 0.359. The van der Waals surface area contributed by atoms with Gasteiger partial charge < -0.3 is 4.90 Å². The molecule has 2 aromatic rings. The van der Waals surface area contributed by atoms with Gasteiger partial charge in [0.15, 0.2) is 5.71 Å². The van der Waals surface area contributed by atoms with Gasteiger partial charge in [0.2, 0.25) is 0 Å². The van der Waals surface area contributed by atoms with Crippen LogP contribution >= 0.6 is 0 Å². The molecule has 1 aromatic carbocycles. The second kappa shape index (κ2) is 11.1. The summed E-state index contributed by atoms with van der Waals surface area (Å²) in [6, 6.07) is 4.54. The van der Waals surface area contributed by atoms with Gasteiger partial charge in [-0.2, -0.15) is 0 Å². The number of nitrogens with one attached hydrogen (secondary N) is 1. The minimum absolute atomic E-state index is 0.0398. The summed E-state index contributed by atoms with van der Waals surface area (Å²) in [5, 5.41) is 9.86. The number of fused-ring (bicyclic) bond motifs is 2. The van der Waals surface area contributed by atoms with Crippen LogP contribution in [0.5, 0.6) is 0 Å². The van der Waals surface area contributed by atoms with E-state index >= 15 is 0 Å². The largest absolute Gasteiger partial charge is 0.366 e. The van der Waals surface area contributed by atoms with Crippen LogP contribution in [-0.4, -0.2) is 47.6 Å². The van der Waals surface area contributed by atoms with Crippen molar-refractivity contribution in [3.8, 4) is 0 Å². The Labute approximate surface area is 253 Å². The fourth-order valence-corrected chi connectivity index (χ4v) is 7.35. The first-order chi connectivity index (χ1) is 19.3. The molecule has 0 aliphatic carbocycles. The zero-order valence-electron chi connectivity index (χ0n) is 27.9. The van der Waals surface area contributed by atoms with E-state index in [9.17, 15) is 8.42 Å². The molecule has 10 heteroatoms. The summed E-state index contributed by atoms with van der Waals surface area (Å²) in [4.78, 5) is 11.9. The summed E-state index contributed by atoms with van der Waals surface area (Å²) in [6.45, 7) is 26.8. The molecule has 1 atom stereocenters. The zero-order chi connectivity index (χ0) is 31.4. The van der Waals surface area contributed by atoms with Gasteiger partial charge in [0.05, 0.1) is 22.0 Å². The number of benzene rings is 1. The Morgan fingerprint density at radius 3 is 2.33 bits per heavy atom. The first-order valence-electron chi connectivity index (χ1n) is 15.5. The summed E-state index contributed by atoms with van der Waals surface area (Å²) >= 11 is 0. The molecule has 0 bridgehead atoms. The molecule has 9 nitrogen and oxygen atoms in total. The molecular formula is C32H52N7O2S+. The molecular weight excluding hydrogens is 546 g/mol. The van der Waals surface area contributed by atoms with E-state index in [0.717, 1.165) is 42.8 Å². The van der Waals surface area contributed by atoms with Crippen molar-refractivity contribution in [2.45, 2.75) is 126 Å². The average Bonchev–Trinajstić information content (AvgIpc) is 3.36. The molecule has 0 amide bonds. The second-order valence-electron chi connectivity index (χ2n) is 14.8. The smallest absolute Gasteiger partial charge is 0.356 e. The van der Waals surface area contributed by atoms with E-state index in [0.29, 0.717) is 29.7 Å². The number of unbranched alkanes of at least 4 members (excludes halogenated alkanes) is 1. The maximum absolute atomic E-state index is 12.9. The van der Waals surface area contributed by atoms with Crippen molar-refractivity contribution in [1.29, 1.82) is 0 Å². The Hall–Kier alpha value is -2.75. The maximum Gasteiger partial charge on any atom is 0.356 e. The van der Waals surface area contributed by atoms with E-state index < -0.39 is 15.4 Å². The molecule has 4 rings (SSSR count). The molecule has 0 saturated heterocycles. The van der Waals surface area contributed by atoms with Crippen LogP contribution in [0.3, 0.4) is 0 Å². The molecule has 2 aliphatic rings. The number of rotatable bonds is 8. The van der Waals surface area contributed by atoms with Crippen LogP contribution in [0.25, 0.3) is 0 Å². The lowest BCUT2D eigenvalue weighted by Crippen LogP contribution is -2.48. The van der Waals surface area contributed by atoms with Crippen molar-refractivity contribution in [3.63, 3.8) is 0 Å². The van der Waals surface area contributed by atoms with Gasteiger partial charge in [0.1, 0.15) is 5.71 Å². The summed E-state index contributed by atoms with van der Waals surface area (Å²) in [5.41, 5.74) is 5.44. The Morgan fingerprint density at radius 1 is 1.10 bits per heavy atom. The molecule has 2 aliphatic heterocycles. The van der Waals surface area contributed by atoms with E-state index in [1.807, 2.05) is 27.7 Å². The molecule has 42 heavy (non-hydrogen) atoms.